The van der Waals surface area contributed by atoms with Gasteiger partial charge in [-0.05, 0) is 55.2 Å². The summed E-state index contributed by atoms with van der Waals surface area (Å²) in [6.07, 6.45) is 6.64. The highest BCUT2D eigenvalue weighted by Gasteiger charge is 2.14. The molecule has 0 heterocycles. The molecule has 0 aliphatic heterocycles. The first kappa shape index (κ1) is 20.3. The van der Waals surface area contributed by atoms with Gasteiger partial charge in [0.25, 0.3) is 0 Å². The molecular formula is C22H27ClO3. The minimum atomic E-state index is -0.464. The molecule has 4 heteroatoms. The van der Waals surface area contributed by atoms with E-state index >= 15 is 0 Å². The van der Waals surface area contributed by atoms with Crippen LogP contribution in [0.5, 0.6) is 11.5 Å². The molecule has 140 valence electrons. The summed E-state index contributed by atoms with van der Waals surface area (Å²) in [5, 5.41) is 0.336. The number of benzene rings is 2. The summed E-state index contributed by atoms with van der Waals surface area (Å²) in [6.45, 7) is 4.97. The number of ether oxygens (including phenoxy) is 2. The monoisotopic (exact) mass is 374 g/mol. The molecule has 0 atom stereocenters. The Balaban J connectivity index is 1.94. The van der Waals surface area contributed by atoms with Gasteiger partial charge in [-0.15, -0.1) is 0 Å². The lowest BCUT2D eigenvalue weighted by atomic mass is 10.1. The topological polar surface area (TPSA) is 35.5 Å². The van der Waals surface area contributed by atoms with Crippen LogP contribution in [0, 0.1) is 0 Å². The summed E-state index contributed by atoms with van der Waals surface area (Å²) in [5.41, 5.74) is 1.58. The predicted molar refractivity (Wildman–Crippen MR) is 106 cm³/mol. The zero-order chi connectivity index (χ0) is 18.8. The van der Waals surface area contributed by atoms with Gasteiger partial charge in [0.15, 0.2) is 0 Å². The van der Waals surface area contributed by atoms with Crippen molar-refractivity contribution in [2.45, 2.75) is 52.4 Å². The zero-order valence-corrected chi connectivity index (χ0v) is 16.3. The predicted octanol–water partition coefficient (Wildman–Crippen LogP) is 6.47. The minimum absolute atomic E-state index is 0.336. The Labute approximate surface area is 161 Å². The van der Waals surface area contributed by atoms with Crippen LogP contribution in [0.3, 0.4) is 0 Å². The van der Waals surface area contributed by atoms with E-state index in [4.69, 9.17) is 21.1 Å². The van der Waals surface area contributed by atoms with Gasteiger partial charge >= 0.3 is 5.97 Å². The third-order valence-electron chi connectivity index (χ3n) is 4.13. The van der Waals surface area contributed by atoms with Crippen molar-refractivity contribution in [2.24, 2.45) is 0 Å². The number of halogens is 1. The van der Waals surface area contributed by atoms with Crippen molar-refractivity contribution >= 4 is 17.6 Å². The summed E-state index contributed by atoms with van der Waals surface area (Å²) < 4.78 is 11.1. The van der Waals surface area contributed by atoms with Crippen LogP contribution in [0.1, 0.15) is 61.9 Å². The van der Waals surface area contributed by atoms with E-state index in [0.717, 1.165) is 38.5 Å². The largest absolute Gasteiger partial charge is 0.494 e. The molecule has 26 heavy (non-hydrogen) atoms. The molecule has 3 nitrogen and oxygen atoms in total. The van der Waals surface area contributed by atoms with Crippen LogP contribution in [0.2, 0.25) is 5.02 Å². The Kier molecular flexibility index (Phi) is 8.49. The third kappa shape index (κ3) is 6.38. The number of rotatable bonds is 10. The molecule has 0 spiro atoms. The van der Waals surface area contributed by atoms with Gasteiger partial charge in [0.1, 0.15) is 11.5 Å². The van der Waals surface area contributed by atoms with Gasteiger partial charge in [0.2, 0.25) is 0 Å². The van der Waals surface area contributed by atoms with Crippen LogP contribution in [-0.2, 0) is 6.42 Å². The molecule has 0 fully saturated rings. The Hall–Kier alpha value is -2.00. The molecule has 0 bridgehead atoms. The maximum atomic E-state index is 12.4. The summed E-state index contributed by atoms with van der Waals surface area (Å²) in [7, 11) is 0. The Morgan fingerprint density at radius 1 is 0.923 bits per heavy atom. The van der Waals surface area contributed by atoms with Gasteiger partial charge in [-0.2, -0.15) is 0 Å². The summed E-state index contributed by atoms with van der Waals surface area (Å²) in [4.78, 5) is 12.4. The van der Waals surface area contributed by atoms with E-state index < -0.39 is 5.97 Å². The van der Waals surface area contributed by atoms with E-state index in [1.54, 1.807) is 18.2 Å². The molecule has 2 aromatic rings. The average molecular weight is 375 g/mol. The van der Waals surface area contributed by atoms with Crippen molar-refractivity contribution in [1.82, 2.24) is 0 Å². The quantitative estimate of drug-likeness (QED) is 0.271. The van der Waals surface area contributed by atoms with Crippen LogP contribution in [0.25, 0.3) is 0 Å². The second-order valence-corrected chi connectivity index (χ2v) is 6.74. The molecule has 0 N–H and O–H groups in total. The molecule has 0 saturated carbocycles. The second-order valence-electron chi connectivity index (χ2n) is 6.33. The number of carbonyl (C=O) groups excluding carboxylic acids is 1. The molecule has 0 aliphatic carbocycles. The van der Waals surface area contributed by atoms with Crippen molar-refractivity contribution in [3.8, 4) is 11.5 Å². The highest BCUT2D eigenvalue weighted by atomic mass is 35.5. The van der Waals surface area contributed by atoms with Crippen LogP contribution in [0.15, 0.2) is 42.5 Å². The van der Waals surface area contributed by atoms with Crippen LogP contribution < -0.4 is 9.47 Å². The molecule has 0 aliphatic rings. The number of carbonyl (C=O) groups is 1. The SMILES string of the molecule is CCCCCOc1ccc(C(=O)Oc2ccc(CCCC)cc2)c(Cl)c1. The summed E-state index contributed by atoms with van der Waals surface area (Å²) in [5.74, 6) is 0.725. The fourth-order valence-corrected chi connectivity index (χ4v) is 2.81. The standard InChI is InChI=1S/C22H27ClO3/c1-3-5-7-15-25-19-13-14-20(21(23)16-19)22(24)26-18-11-9-17(10-12-18)8-6-4-2/h9-14,16H,3-8,15H2,1-2H3. The van der Waals surface area contributed by atoms with E-state index in [1.807, 2.05) is 24.3 Å². The van der Waals surface area contributed by atoms with E-state index in [0.29, 0.717) is 28.7 Å². The van der Waals surface area contributed by atoms with E-state index in [9.17, 15) is 4.79 Å². The Morgan fingerprint density at radius 3 is 2.27 bits per heavy atom. The second kappa shape index (κ2) is 10.9. The van der Waals surface area contributed by atoms with Gasteiger partial charge in [-0.1, -0.05) is 56.8 Å². The van der Waals surface area contributed by atoms with Gasteiger partial charge in [-0.3, -0.25) is 0 Å². The first-order valence-corrected chi connectivity index (χ1v) is 9.75. The van der Waals surface area contributed by atoms with E-state index in [2.05, 4.69) is 13.8 Å². The maximum Gasteiger partial charge on any atom is 0.345 e. The smallest absolute Gasteiger partial charge is 0.345 e. The van der Waals surface area contributed by atoms with Gasteiger partial charge in [0, 0.05) is 0 Å². The first-order chi connectivity index (χ1) is 12.6. The molecule has 0 aromatic heterocycles. The molecule has 0 amide bonds. The molecule has 2 rings (SSSR count). The van der Waals surface area contributed by atoms with Crippen molar-refractivity contribution in [1.29, 1.82) is 0 Å². The molecule has 2 aromatic carbocycles. The highest BCUT2D eigenvalue weighted by Crippen LogP contribution is 2.24. The number of esters is 1. The molecule has 0 saturated heterocycles. The van der Waals surface area contributed by atoms with Crippen molar-refractivity contribution < 1.29 is 14.3 Å². The lowest BCUT2D eigenvalue weighted by Gasteiger charge is -2.09. The number of aryl methyl sites for hydroxylation is 1. The van der Waals surface area contributed by atoms with E-state index in [1.165, 1.54) is 5.56 Å². The fourth-order valence-electron chi connectivity index (χ4n) is 2.56. The van der Waals surface area contributed by atoms with Crippen molar-refractivity contribution in [2.75, 3.05) is 6.61 Å². The number of hydrogen-bond donors (Lipinski definition) is 0. The maximum absolute atomic E-state index is 12.4. The van der Waals surface area contributed by atoms with Gasteiger partial charge in [-0.25, -0.2) is 4.79 Å². The Bertz CT molecular complexity index is 695. The molecule has 0 unspecified atom stereocenters. The third-order valence-corrected chi connectivity index (χ3v) is 4.44. The number of hydrogen-bond acceptors (Lipinski definition) is 3. The fraction of sp³-hybridized carbons (Fsp3) is 0.409. The lowest BCUT2D eigenvalue weighted by molar-refractivity contribution is 0.0735. The van der Waals surface area contributed by atoms with Crippen molar-refractivity contribution in [3.63, 3.8) is 0 Å². The normalized spacial score (nSPS) is 10.6. The van der Waals surface area contributed by atoms with Crippen LogP contribution >= 0.6 is 11.6 Å². The van der Waals surface area contributed by atoms with Crippen LogP contribution in [-0.4, -0.2) is 12.6 Å². The Morgan fingerprint density at radius 2 is 1.62 bits per heavy atom. The summed E-state index contributed by atoms with van der Waals surface area (Å²) >= 11 is 6.23. The summed E-state index contributed by atoms with van der Waals surface area (Å²) in [6, 6.07) is 12.7. The average Bonchev–Trinajstić information content (AvgIpc) is 2.64. The van der Waals surface area contributed by atoms with Gasteiger partial charge in [0.05, 0.1) is 17.2 Å². The zero-order valence-electron chi connectivity index (χ0n) is 15.6. The lowest BCUT2D eigenvalue weighted by Crippen LogP contribution is -2.09. The van der Waals surface area contributed by atoms with Crippen molar-refractivity contribution in [3.05, 3.63) is 58.6 Å². The molecular weight excluding hydrogens is 348 g/mol. The minimum Gasteiger partial charge on any atom is -0.494 e. The van der Waals surface area contributed by atoms with E-state index in [-0.39, 0.29) is 0 Å². The first-order valence-electron chi connectivity index (χ1n) is 9.37. The number of unbranched alkanes of at least 4 members (excludes halogenated alkanes) is 3. The van der Waals surface area contributed by atoms with Crippen LogP contribution in [0.4, 0.5) is 0 Å². The van der Waals surface area contributed by atoms with Gasteiger partial charge < -0.3 is 9.47 Å². The highest BCUT2D eigenvalue weighted by molar-refractivity contribution is 6.33. The molecule has 0 radical (unpaired) electrons.